The maximum atomic E-state index is 11.4. The summed E-state index contributed by atoms with van der Waals surface area (Å²) in [6, 6.07) is 7.55. The molecule has 0 amide bonds. The SMILES string of the molecule is CNc1ccc(OCC(C)(C)C(=O)OC)cc1. The van der Waals surface area contributed by atoms with Crippen molar-refractivity contribution in [1.82, 2.24) is 0 Å². The molecule has 0 saturated heterocycles. The van der Waals surface area contributed by atoms with Gasteiger partial charge in [0.1, 0.15) is 12.4 Å². The van der Waals surface area contributed by atoms with Gasteiger partial charge in [-0.05, 0) is 38.1 Å². The topological polar surface area (TPSA) is 47.6 Å². The molecule has 1 aromatic rings. The first-order chi connectivity index (χ1) is 7.99. The Kier molecular flexibility index (Phi) is 4.37. The lowest BCUT2D eigenvalue weighted by Gasteiger charge is -2.21. The van der Waals surface area contributed by atoms with Crippen LogP contribution < -0.4 is 10.1 Å². The van der Waals surface area contributed by atoms with Crippen LogP contribution in [0.2, 0.25) is 0 Å². The maximum absolute atomic E-state index is 11.4. The number of rotatable bonds is 5. The van der Waals surface area contributed by atoms with E-state index in [1.807, 2.05) is 31.3 Å². The van der Waals surface area contributed by atoms with E-state index in [0.717, 1.165) is 11.4 Å². The standard InChI is InChI=1S/C13H19NO3/c1-13(2,12(15)16-4)9-17-11-7-5-10(14-3)6-8-11/h5-8,14H,9H2,1-4H3. The van der Waals surface area contributed by atoms with E-state index in [1.165, 1.54) is 7.11 Å². The Balaban J connectivity index is 2.57. The Morgan fingerprint density at radius 2 is 1.88 bits per heavy atom. The molecule has 1 aromatic carbocycles. The Morgan fingerprint density at radius 1 is 1.29 bits per heavy atom. The van der Waals surface area contributed by atoms with Crippen LogP contribution in [0.5, 0.6) is 5.75 Å². The number of anilines is 1. The number of carbonyl (C=O) groups is 1. The molecule has 0 aliphatic rings. The third-order valence-corrected chi connectivity index (χ3v) is 2.48. The molecular formula is C13H19NO3. The third-order valence-electron chi connectivity index (χ3n) is 2.48. The van der Waals surface area contributed by atoms with Crippen molar-refractivity contribution < 1.29 is 14.3 Å². The zero-order valence-electron chi connectivity index (χ0n) is 10.7. The minimum absolute atomic E-state index is 0.274. The van der Waals surface area contributed by atoms with Crippen molar-refractivity contribution in [3.63, 3.8) is 0 Å². The van der Waals surface area contributed by atoms with E-state index in [1.54, 1.807) is 13.8 Å². The van der Waals surface area contributed by atoms with E-state index >= 15 is 0 Å². The molecule has 0 atom stereocenters. The summed E-state index contributed by atoms with van der Waals surface area (Å²) in [7, 11) is 3.24. The van der Waals surface area contributed by atoms with Crippen molar-refractivity contribution in [2.24, 2.45) is 5.41 Å². The summed E-state index contributed by atoms with van der Waals surface area (Å²) in [5.41, 5.74) is 0.376. The van der Waals surface area contributed by atoms with Crippen LogP contribution in [-0.2, 0) is 9.53 Å². The number of nitrogens with one attached hydrogen (secondary N) is 1. The lowest BCUT2D eigenvalue weighted by atomic mass is 9.95. The summed E-state index contributed by atoms with van der Waals surface area (Å²) in [5.74, 6) is 0.463. The summed E-state index contributed by atoms with van der Waals surface area (Å²) in [5, 5.41) is 3.02. The molecule has 4 heteroatoms. The molecule has 0 fully saturated rings. The molecule has 4 nitrogen and oxygen atoms in total. The molecule has 0 radical (unpaired) electrons. The van der Waals surface area contributed by atoms with Crippen LogP contribution in [0.1, 0.15) is 13.8 Å². The molecular weight excluding hydrogens is 218 g/mol. The first-order valence-electron chi connectivity index (χ1n) is 5.48. The summed E-state index contributed by atoms with van der Waals surface area (Å²) in [6.07, 6.45) is 0. The van der Waals surface area contributed by atoms with Crippen LogP contribution in [-0.4, -0.2) is 26.7 Å². The highest BCUT2D eigenvalue weighted by Gasteiger charge is 2.29. The zero-order chi connectivity index (χ0) is 12.9. The molecule has 0 aliphatic heterocycles. The van der Waals surface area contributed by atoms with Gasteiger partial charge in [-0.1, -0.05) is 0 Å². The number of benzene rings is 1. The third kappa shape index (κ3) is 3.66. The van der Waals surface area contributed by atoms with Crippen molar-refractivity contribution in [3.8, 4) is 5.75 Å². The van der Waals surface area contributed by atoms with Crippen LogP contribution in [0.25, 0.3) is 0 Å². The smallest absolute Gasteiger partial charge is 0.314 e. The summed E-state index contributed by atoms with van der Waals surface area (Å²) >= 11 is 0. The van der Waals surface area contributed by atoms with Crippen molar-refractivity contribution >= 4 is 11.7 Å². The Labute approximate surface area is 102 Å². The quantitative estimate of drug-likeness (QED) is 0.798. The normalized spacial score (nSPS) is 10.8. The average molecular weight is 237 g/mol. The number of methoxy groups -OCH3 is 1. The fourth-order valence-corrected chi connectivity index (χ4v) is 1.32. The molecule has 0 unspecified atom stereocenters. The van der Waals surface area contributed by atoms with Gasteiger partial charge in [0.05, 0.1) is 12.5 Å². The van der Waals surface area contributed by atoms with Crippen molar-refractivity contribution in [3.05, 3.63) is 24.3 Å². The largest absolute Gasteiger partial charge is 0.492 e. The first-order valence-corrected chi connectivity index (χ1v) is 5.48. The van der Waals surface area contributed by atoms with Crippen LogP contribution in [0, 0.1) is 5.41 Å². The van der Waals surface area contributed by atoms with Gasteiger partial charge < -0.3 is 14.8 Å². The van der Waals surface area contributed by atoms with Gasteiger partial charge in [0, 0.05) is 12.7 Å². The molecule has 0 heterocycles. The lowest BCUT2D eigenvalue weighted by Crippen LogP contribution is -2.32. The zero-order valence-corrected chi connectivity index (χ0v) is 10.7. The fourth-order valence-electron chi connectivity index (χ4n) is 1.32. The number of carbonyl (C=O) groups excluding carboxylic acids is 1. The van der Waals surface area contributed by atoms with Crippen LogP contribution in [0.4, 0.5) is 5.69 Å². The van der Waals surface area contributed by atoms with Crippen LogP contribution in [0.15, 0.2) is 24.3 Å². The Bertz CT molecular complexity index is 371. The van der Waals surface area contributed by atoms with Gasteiger partial charge in [-0.15, -0.1) is 0 Å². The second kappa shape index (κ2) is 5.57. The number of hydrogen-bond acceptors (Lipinski definition) is 4. The molecule has 0 aliphatic carbocycles. The minimum atomic E-state index is -0.642. The van der Waals surface area contributed by atoms with Crippen molar-refractivity contribution in [2.45, 2.75) is 13.8 Å². The van der Waals surface area contributed by atoms with E-state index in [9.17, 15) is 4.79 Å². The predicted molar refractivity (Wildman–Crippen MR) is 67.3 cm³/mol. The number of hydrogen-bond donors (Lipinski definition) is 1. The highest BCUT2D eigenvalue weighted by atomic mass is 16.5. The molecule has 1 N–H and O–H groups in total. The number of esters is 1. The molecule has 0 saturated carbocycles. The van der Waals surface area contributed by atoms with E-state index in [2.05, 4.69) is 5.32 Å². The first kappa shape index (κ1) is 13.4. The molecule has 0 aromatic heterocycles. The van der Waals surface area contributed by atoms with E-state index in [4.69, 9.17) is 9.47 Å². The predicted octanol–water partition coefficient (Wildman–Crippen LogP) is 2.31. The van der Waals surface area contributed by atoms with Gasteiger partial charge in [-0.2, -0.15) is 0 Å². The van der Waals surface area contributed by atoms with Crippen molar-refractivity contribution in [2.75, 3.05) is 26.1 Å². The monoisotopic (exact) mass is 237 g/mol. The Hall–Kier alpha value is -1.71. The second-order valence-electron chi connectivity index (χ2n) is 4.44. The van der Waals surface area contributed by atoms with Gasteiger partial charge in [0.25, 0.3) is 0 Å². The van der Waals surface area contributed by atoms with E-state index in [-0.39, 0.29) is 5.97 Å². The number of ether oxygens (including phenoxy) is 2. The van der Waals surface area contributed by atoms with Gasteiger partial charge >= 0.3 is 5.97 Å². The van der Waals surface area contributed by atoms with Crippen LogP contribution in [0.3, 0.4) is 0 Å². The molecule has 94 valence electrons. The summed E-state index contributed by atoms with van der Waals surface area (Å²) < 4.78 is 10.3. The van der Waals surface area contributed by atoms with Gasteiger partial charge in [-0.3, -0.25) is 4.79 Å². The highest BCUT2D eigenvalue weighted by molar-refractivity contribution is 5.75. The van der Waals surface area contributed by atoms with Crippen LogP contribution >= 0.6 is 0 Å². The highest BCUT2D eigenvalue weighted by Crippen LogP contribution is 2.21. The van der Waals surface area contributed by atoms with E-state index < -0.39 is 5.41 Å². The summed E-state index contributed by atoms with van der Waals surface area (Å²) in [4.78, 5) is 11.4. The average Bonchev–Trinajstić information content (AvgIpc) is 2.36. The minimum Gasteiger partial charge on any atom is -0.492 e. The molecule has 0 bridgehead atoms. The van der Waals surface area contributed by atoms with Crippen molar-refractivity contribution in [1.29, 1.82) is 0 Å². The lowest BCUT2D eigenvalue weighted by molar-refractivity contribution is -0.152. The van der Waals surface area contributed by atoms with Gasteiger partial charge in [0.2, 0.25) is 0 Å². The van der Waals surface area contributed by atoms with E-state index in [0.29, 0.717) is 6.61 Å². The van der Waals surface area contributed by atoms with Gasteiger partial charge in [0.15, 0.2) is 0 Å². The second-order valence-corrected chi connectivity index (χ2v) is 4.44. The van der Waals surface area contributed by atoms with Gasteiger partial charge in [-0.25, -0.2) is 0 Å². The molecule has 0 spiro atoms. The molecule has 1 rings (SSSR count). The Morgan fingerprint density at radius 3 is 2.35 bits per heavy atom. The maximum Gasteiger partial charge on any atom is 0.314 e. The fraction of sp³-hybridized carbons (Fsp3) is 0.462. The summed E-state index contributed by atoms with van der Waals surface area (Å²) in [6.45, 7) is 3.88. The molecule has 17 heavy (non-hydrogen) atoms.